The topological polar surface area (TPSA) is 87.0 Å². The van der Waals surface area contributed by atoms with Crippen molar-refractivity contribution in [1.29, 1.82) is 0 Å². The summed E-state index contributed by atoms with van der Waals surface area (Å²) in [6.07, 6.45) is 0. The summed E-state index contributed by atoms with van der Waals surface area (Å²) in [6, 6.07) is 11.7. The van der Waals surface area contributed by atoms with E-state index in [4.69, 9.17) is 9.47 Å². The molecule has 8 heteroatoms. The Labute approximate surface area is 137 Å². The number of H-pyrrole nitrogens is 1. The van der Waals surface area contributed by atoms with E-state index in [9.17, 15) is 4.39 Å². The van der Waals surface area contributed by atoms with Crippen molar-refractivity contribution in [3.8, 4) is 11.5 Å². The Kier molecular flexibility index (Phi) is 4.85. The van der Waals surface area contributed by atoms with E-state index in [2.05, 4.69) is 25.9 Å². The summed E-state index contributed by atoms with van der Waals surface area (Å²) in [7, 11) is 1.57. The van der Waals surface area contributed by atoms with Gasteiger partial charge in [-0.15, -0.1) is 5.21 Å². The number of rotatable bonds is 7. The molecule has 0 spiro atoms. The van der Waals surface area contributed by atoms with Gasteiger partial charge in [-0.25, -0.2) is 4.39 Å². The first kappa shape index (κ1) is 15.7. The molecule has 3 aromatic rings. The first-order chi connectivity index (χ1) is 11.8. The summed E-state index contributed by atoms with van der Waals surface area (Å²) in [4.78, 5) is 0. The molecule has 0 fully saturated rings. The molecule has 0 aliphatic heterocycles. The third-order valence-corrected chi connectivity index (χ3v) is 3.30. The van der Waals surface area contributed by atoms with E-state index in [1.807, 2.05) is 12.1 Å². The summed E-state index contributed by atoms with van der Waals surface area (Å²) >= 11 is 0. The van der Waals surface area contributed by atoms with Crippen LogP contribution in [0.5, 0.6) is 11.5 Å². The molecule has 1 N–H and O–H groups in total. The quantitative estimate of drug-likeness (QED) is 0.720. The van der Waals surface area contributed by atoms with E-state index >= 15 is 0 Å². The lowest BCUT2D eigenvalue weighted by Crippen LogP contribution is -2.01. The van der Waals surface area contributed by atoms with Crippen LogP contribution in [0.2, 0.25) is 0 Å². The van der Waals surface area contributed by atoms with Crippen LogP contribution < -0.4 is 9.47 Å². The van der Waals surface area contributed by atoms with Gasteiger partial charge in [0, 0.05) is 12.1 Å². The van der Waals surface area contributed by atoms with Crippen LogP contribution in [0.4, 0.5) is 10.3 Å². The minimum absolute atomic E-state index is 0.266. The molecule has 2 aromatic carbocycles. The summed E-state index contributed by atoms with van der Waals surface area (Å²) in [6.45, 7) is 0.603. The van der Waals surface area contributed by atoms with Gasteiger partial charge in [-0.2, -0.15) is 0 Å². The number of ether oxygens (including phenoxy) is 2. The largest absolute Gasteiger partial charge is 0.493 e. The van der Waals surface area contributed by atoms with Gasteiger partial charge in [-0.05, 0) is 23.8 Å². The number of hydrogen-bond acceptors (Lipinski definition) is 5. The first-order valence-electron chi connectivity index (χ1n) is 7.20. The number of nitrogens with zero attached hydrogens (tertiary/aromatic N) is 4. The Bertz CT molecular complexity index is 778. The molecule has 0 amide bonds. The summed E-state index contributed by atoms with van der Waals surface area (Å²) < 4.78 is 24.2. The Morgan fingerprint density at radius 3 is 2.71 bits per heavy atom. The lowest BCUT2D eigenvalue weighted by atomic mass is 10.1. The molecule has 0 bridgehead atoms. The monoisotopic (exact) mass is 328 g/mol. The number of hydrogen-bond donors (Lipinski definition) is 1. The number of nitrogens with one attached hydrogen (secondary N) is 1. The van der Waals surface area contributed by atoms with E-state index in [0.717, 1.165) is 11.1 Å². The molecule has 0 aliphatic carbocycles. The van der Waals surface area contributed by atoms with Crippen LogP contribution in [-0.4, -0.2) is 27.7 Å². The SMILES string of the molecule is COc1cccc(C[N-]c2nn[nH]n2)c1OCc1ccc(F)cc1. The summed E-state index contributed by atoms with van der Waals surface area (Å²) in [5.41, 5.74) is 1.67. The fourth-order valence-electron chi connectivity index (χ4n) is 2.13. The van der Waals surface area contributed by atoms with Crippen molar-refractivity contribution in [3.63, 3.8) is 0 Å². The van der Waals surface area contributed by atoms with E-state index < -0.39 is 0 Å². The maximum atomic E-state index is 13.0. The van der Waals surface area contributed by atoms with E-state index in [1.165, 1.54) is 12.1 Å². The second-order valence-corrected chi connectivity index (χ2v) is 4.89. The zero-order valence-electron chi connectivity index (χ0n) is 12.9. The van der Waals surface area contributed by atoms with Gasteiger partial charge in [-0.1, -0.05) is 24.3 Å². The molecular weight excluding hydrogens is 313 g/mol. The number of halogens is 1. The highest BCUT2D eigenvalue weighted by Gasteiger charge is 2.10. The number of aromatic amines is 1. The predicted octanol–water partition coefficient (Wildman–Crippen LogP) is 3.13. The molecule has 0 saturated heterocycles. The zero-order valence-corrected chi connectivity index (χ0v) is 12.9. The highest BCUT2D eigenvalue weighted by molar-refractivity contribution is 5.48. The molecule has 24 heavy (non-hydrogen) atoms. The van der Waals surface area contributed by atoms with Crippen molar-refractivity contribution in [1.82, 2.24) is 20.6 Å². The Hall–Kier alpha value is -3.16. The van der Waals surface area contributed by atoms with Gasteiger partial charge in [0.1, 0.15) is 12.4 Å². The molecule has 124 valence electrons. The van der Waals surface area contributed by atoms with Crippen molar-refractivity contribution in [2.24, 2.45) is 0 Å². The lowest BCUT2D eigenvalue weighted by molar-refractivity contribution is 0.281. The van der Waals surface area contributed by atoms with E-state index in [1.54, 1.807) is 25.3 Å². The van der Waals surface area contributed by atoms with E-state index in [-0.39, 0.29) is 18.4 Å². The fourth-order valence-corrected chi connectivity index (χ4v) is 2.13. The number of tetrazole rings is 1. The lowest BCUT2D eigenvalue weighted by Gasteiger charge is -2.16. The molecule has 0 unspecified atom stereocenters. The second kappa shape index (κ2) is 7.40. The zero-order chi connectivity index (χ0) is 16.8. The normalized spacial score (nSPS) is 10.4. The molecule has 1 aromatic heterocycles. The van der Waals surface area contributed by atoms with Gasteiger partial charge in [0.05, 0.1) is 13.1 Å². The van der Waals surface area contributed by atoms with E-state index in [0.29, 0.717) is 18.0 Å². The smallest absolute Gasteiger partial charge is 0.165 e. The van der Waals surface area contributed by atoms with Crippen LogP contribution in [0.1, 0.15) is 11.1 Å². The van der Waals surface area contributed by atoms with Crippen LogP contribution in [-0.2, 0) is 13.2 Å². The molecule has 7 nitrogen and oxygen atoms in total. The van der Waals surface area contributed by atoms with Crippen LogP contribution in [0.3, 0.4) is 0 Å². The van der Waals surface area contributed by atoms with Crippen LogP contribution >= 0.6 is 0 Å². The third kappa shape index (κ3) is 3.78. The van der Waals surface area contributed by atoms with Crippen molar-refractivity contribution >= 4 is 5.95 Å². The Morgan fingerprint density at radius 1 is 1.17 bits per heavy atom. The van der Waals surface area contributed by atoms with Crippen molar-refractivity contribution in [2.75, 3.05) is 7.11 Å². The average Bonchev–Trinajstić information content (AvgIpc) is 3.13. The van der Waals surface area contributed by atoms with Crippen LogP contribution in [0.25, 0.3) is 5.32 Å². The van der Waals surface area contributed by atoms with Gasteiger partial charge in [0.25, 0.3) is 0 Å². The minimum Gasteiger partial charge on any atom is -0.493 e. The number of benzene rings is 2. The number of methoxy groups -OCH3 is 1. The summed E-state index contributed by atoms with van der Waals surface area (Å²) in [5.74, 6) is 1.16. The van der Waals surface area contributed by atoms with Crippen LogP contribution in [0, 0.1) is 5.82 Å². The molecule has 0 aliphatic rings. The fraction of sp³-hybridized carbons (Fsp3) is 0.188. The predicted molar refractivity (Wildman–Crippen MR) is 84.6 cm³/mol. The molecule has 0 saturated carbocycles. The van der Waals surface area contributed by atoms with Gasteiger partial charge >= 0.3 is 0 Å². The van der Waals surface area contributed by atoms with Crippen molar-refractivity contribution in [2.45, 2.75) is 13.2 Å². The maximum absolute atomic E-state index is 13.0. The summed E-state index contributed by atoms with van der Waals surface area (Å²) in [5, 5.41) is 17.6. The second-order valence-electron chi connectivity index (χ2n) is 4.89. The molecule has 0 radical (unpaired) electrons. The molecular formula is C16H15FN5O2-. The molecule has 3 rings (SSSR count). The Morgan fingerprint density at radius 2 is 2.00 bits per heavy atom. The van der Waals surface area contributed by atoms with Gasteiger partial charge in [0.2, 0.25) is 0 Å². The third-order valence-electron chi connectivity index (χ3n) is 3.30. The number of para-hydroxylation sites is 1. The first-order valence-corrected chi connectivity index (χ1v) is 7.20. The van der Waals surface area contributed by atoms with Crippen molar-refractivity contribution in [3.05, 3.63) is 64.7 Å². The Balaban J connectivity index is 1.75. The maximum Gasteiger partial charge on any atom is 0.165 e. The van der Waals surface area contributed by atoms with Crippen molar-refractivity contribution < 1.29 is 13.9 Å². The van der Waals surface area contributed by atoms with Gasteiger partial charge < -0.3 is 14.8 Å². The highest BCUT2D eigenvalue weighted by Crippen LogP contribution is 2.33. The molecule has 0 atom stereocenters. The average molecular weight is 328 g/mol. The number of aromatic nitrogens is 4. The van der Waals surface area contributed by atoms with Gasteiger partial charge in [0.15, 0.2) is 11.5 Å². The highest BCUT2D eigenvalue weighted by atomic mass is 19.1. The molecule has 1 heterocycles. The minimum atomic E-state index is -0.282. The standard InChI is InChI=1S/C16H15FN5O2/c1-23-14-4-2-3-12(9-18-16-19-21-22-20-16)15(14)24-10-11-5-7-13(17)8-6-11/h2-8H,9-10H2,1H3,(H-,18,19,20,21,22)/q-1. The van der Waals surface area contributed by atoms with Crippen LogP contribution in [0.15, 0.2) is 42.5 Å². The van der Waals surface area contributed by atoms with Gasteiger partial charge in [-0.3, -0.25) is 15.4 Å².